The van der Waals surface area contributed by atoms with E-state index in [1.165, 1.54) is 42.1 Å². The summed E-state index contributed by atoms with van der Waals surface area (Å²) in [7, 11) is 0. The van der Waals surface area contributed by atoms with Crippen molar-refractivity contribution >= 4 is 34.5 Å². The molecule has 198 valence electrons. The Kier molecular flexibility index (Phi) is 13.8. The Morgan fingerprint density at radius 2 is 1.86 bits per heavy atom. The van der Waals surface area contributed by atoms with E-state index in [9.17, 15) is 28.2 Å². The molecule has 0 aliphatic heterocycles. The standard InChI is InChI=1S/C20H23F3N2O3.C6H9ClO/c1-3-5-13(4-2)18-16(17(27)12-26)10-11-24-19(18)25-14-6-8-15(9-7-14)28-20(21,22)23;1-2-3-6(8)4-5-7/h5-11,17,26-27H,3-4,12H2,1-2H3,(H,24,25);4-5H,2-3H2,1H3/b13-5+;5-4-. The minimum absolute atomic E-state index is 0.0995. The second kappa shape index (κ2) is 16.0. The molecule has 0 radical (unpaired) electrons. The number of aliphatic hydroxyl groups excluding tert-OH is 2. The summed E-state index contributed by atoms with van der Waals surface area (Å²) in [6.45, 7) is 5.47. The molecular weight excluding hydrogens is 497 g/mol. The molecule has 10 heteroatoms. The predicted octanol–water partition coefficient (Wildman–Crippen LogP) is 7.06. The molecule has 1 heterocycles. The number of nitrogens with one attached hydrogen (secondary N) is 1. The molecule has 0 saturated heterocycles. The molecule has 1 unspecified atom stereocenters. The van der Waals surface area contributed by atoms with Crippen molar-refractivity contribution in [1.82, 2.24) is 4.98 Å². The third-order valence-electron chi connectivity index (χ3n) is 4.76. The fraction of sp³-hybridized carbons (Fsp3) is 0.385. The van der Waals surface area contributed by atoms with Crippen molar-refractivity contribution in [2.75, 3.05) is 11.9 Å². The molecule has 0 bridgehead atoms. The van der Waals surface area contributed by atoms with Crippen LogP contribution in [0.4, 0.5) is 24.7 Å². The monoisotopic (exact) mass is 528 g/mol. The van der Waals surface area contributed by atoms with E-state index in [0.29, 0.717) is 35.5 Å². The Bertz CT molecular complexity index is 1010. The highest BCUT2D eigenvalue weighted by molar-refractivity contribution is 6.26. The van der Waals surface area contributed by atoms with Crippen LogP contribution in [0.2, 0.25) is 0 Å². The molecule has 2 aromatic rings. The SMILES string of the molecule is CC/C=C(\CC)c1c(C(O)CO)ccnc1Nc1ccc(OC(F)(F)F)cc1.CCCC(=O)/C=C\Cl. The van der Waals surface area contributed by atoms with Crippen LogP contribution in [-0.2, 0) is 4.79 Å². The first kappa shape index (κ1) is 31.2. The van der Waals surface area contributed by atoms with Crippen molar-refractivity contribution in [3.63, 3.8) is 0 Å². The van der Waals surface area contributed by atoms with E-state index in [0.717, 1.165) is 18.4 Å². The van der Waals surface area contributed by atoms with Gasteiger partial charge in [0.2, 0.25) is 0 Å². The molecule has 0 saturated carbocycles. The van der Waals surface area contributed by atoms with Gasteiger partial charge in [-0.15, -0.1) is 13.2 Å². The van der Waals surface area contributed by atoms with Gasteiger partial charge in [0.25, 0.3) is 0 Å². The summed E-state index contributed by atoms with van der Waals surface area (Å²) in [5, 5.41) is 22.7. The molecule has 0 amide bonds. The zero-order valence-electron chi connectivity index (χ0n) is 20.5. The number of alkyl halides is 3. The zero-order valence-corrected chi connectivity index (χ0v) is 21.2. The molecule has 0 spiro atoms. The van der Waals surface area contributed by atoms with Gasteiger partial charge in [0.05, 0.1) is 6.61 Å². The summed E-state index contributed by atoms with van der Waals surface area (Å²) in [4.78, 5) is 14.8. The fourth-order valence-corrected chi connectivity index (χ4v) is 3.37. The van der Waals surface area contributed by atoms with E-state index in [1.54, 1.807) is 6.07 Å². The zero-order chi connectivity index (χ0) is 27.1. The minimum Gasteiger partial charge on any atom is -0.406 e. The van der Waals surface area contributed by atoms with E-state index < -0.39 is 19.1 Å². The number of hydrogen-bond donors (Lipinski definition) is 3. The lowest BCUT2D eigenvalue weighted by Crippen LogP contribution is -2.17. The largest absolute Gasteiger partial charge is 0.573 e. The number of rotatable bonds is 11. The van der Waals surface area contributed by atoms with Gasteiger partial charge in [-0.1, -0.05) is 38.4 Å². The van der Waals surface area contributed by atoms with Gasteiger partial charge in [-0.2, -0.15) is 0 Å². The van der Waals surface area contributed by atoms with Gasteiger partial charge in [0.15, 0.2) is 5.78 Å². The van der Waals surface area contributed by atoms with Crippen molar-refractivity contribution in [1.29, 1.82) is 0 Å². The van der Waals surface area contributed by atoms with Crippen LogP contribution in [0.5, 0.6) is 5.75 Å². The van der Waals surface area contributed by atoms with E-state index in [4.69, 9.17) is 11.6 Å². The molecule has 1 atom stereocenters. The quantitative estimate of drug-likeness (QED) is 0.270. The highest BCUT2D eigenvalue weighted by atomic mass is 35.5. The normalized spacial score (nSPS) is 12.6. The van der Waals surface area contributed by atoms with Crippen LogP contribution in [0.15, 0.2) is 54.2 Å². The maximum absolute atomic E-state index is 12.3. The van der Waals surface area contributed by atoms with Gasteiger partial charge in [0, 0.05) is 29.4 Å². The highest BCUT2D eigenvalue weighted by Gasteiger charge is 2.31. The molecule has 0 aliphatic rings. The van der Waals surface area contributed by atoms with Gasteiger partial charge in [0.1, 0.15) is 17.7 Å². The fourth-order valence-electron chi connectivity index (χ4n) is 3.23. The number of aromatic nitrogens is 1. The lowest BCUT2D eigenvalue weighted by Gasteiger charge is -2.20. The van der Waals surface area contributed by atoms with Crippen LogP contribution < -0.4 is 10.1 Å². The summed E-state index contributed by atoms with van der Waals surface area (Å²) < 4.78 is 40.8. The first-order chi connectivity index (χ1) is 17.1. The molecule has 1 aromatic carbocycles. The number of allylic oxidation sites excluding steroid dienone is 3. The molecule has 6 nitrogen and oxygen atoms in total. The minimum atomic E-state index is -4.75. The van der Waals surface area contributed by atoms with Gasteiger partial charge >= 0.3 is 6.36 Å². The van der Waals surface area contributed by atoms with Crippen LogP contribution in [0.1, 0.15) is 63.7 Å². The summed E-state index contributed by atoms with van der Waals surface area (Å²) >= 11 is 5.13. The predicted molar refractivity (Wildman–Crippen MR) is 136 cm³/mol. The summed E-state index contributed by atoms with van der Waals surface area (Å²) in [5.74, 6) is 0.217. The number of nitrogens with zero attached hydrogens (tertiary/aromatic N) is 1. The van der Waals surface area contributed by atoms with E-state index in [-0.39, 0.29) is 11.5 Å². The van der Waals surface area contributed by atoms with Gasteiger partial charge in [-0.25, -0.2) is 4.98 Å². The number of carbonyl (C=O) groups excluding carboxylic acids is 1. The lowest BCUT2D eigenvalue weighted by molar-refractivity contribution is -0.274. The first-order valence-corrected chi connectivity index (χ1v) is 11.9. The van der Waals surface area contributed by atoms with E-state index in [2.05, 4.69) is 15.0 Å². The molecule has 3 N–H and O–H groups in total. The van der Waals surface area contributed by atoms with Crippen LogP contribution >= 0.6 is 11.6 Å². The molecule has 2 rings (SSSR count). The third kappa shape index (κ3) is 10.8. The van der Waals surface area contributed by atoms with E-state index in [1.807, 2.05) is 26.8 Å². The Morgan fingerprint density at radius 1 is 1.19 bits per heavy atom. The Hall–Kier alpha value is -2.88. The topological polar surface area (TPSA) is 91.7 Å². The molecule has 0 fully saturated rings. The van der Waals surface area contributed by atoms with Crippen LogP contribution in [0.3, 0.4) is 0 Å². The second-order valence-corrected chi connectivity index (χ2v) is 7.77. The second-order valence-electron chi connectivity index (χ2n) is 7.52. The summed E-state index contributed by atoms with van der Waals surface area (Å²) in [6.07, 6.45) is 2.00. The molecule has 36 heavy (non-hydrogen) atoms. The highest BCUT2D eigenvalue weighted by Crippen LogP contribution is 2.34. The number of carbonyl (C=O) groups is 1. The van der Waals surface area contributed by atoms with Gasteiger partial charge < -0.3 is 20.3 Å². The van der Waals surface area contributed by atoms with Gasteiger partial charge in [-0.05, 0) is 66.8 Å². The Morgan fingerprint density at radius 3 is 2.36 bits per heavy atom. The smallest absolute Gasteiger partial charge is 0.406 e. The number of benzene rings is 1. The third-order valence-corrected chi connectivity index (χ3v) is 4.89. The van der Waals surface area contributed by atoms with Crippen LogP contribution in [0.25, 0.3) is 5.57 Å². The van der Waals surface area contributed by atoms with Crippen molar-refractivity contribution in [2.45, 2.75) is 58.9 Å². The van der Waals surface area contributed by atoms with Crippen molar-refractivity contribution in [3.8, 4) is 5.75 Å². The van der Waals surface area contributed by atoms with Gasteiger partial charge in [-0.3, -0.25) is 4.79 Å². The van der Waals surface area contributed by atoms with Crippen molar-refractivity contribution < 1.29 is 32.9 Å². The average Bonchev–Trinajstić information content (AvgIpc) is 2.83. The number of ether oxygens (including phenoxy) is 1. The maximum Gasteiger partial charge on any atom is 0.573 e. The number of anilines is 2. The number of aliphatic hydroxyl groups is 2. The number of hydrogen-bond acceptors (Lipinski definition) is 6. The lowest BCUT2D eigenvalue weighted by atomic mass is 9.94. The molecule has 0 aliphatic carbocycles. The average molecular weight is 529 g/mol. The number of pyridine rings is 1. The summed E-state index contributed by atoms with van der Waals surface area (Å²) in [6, 6.07) is 6.92. The Labute approximate surface area is 214 Å². The number of ketones is 1. The van der Waals surface area contributed by atoms with Crippen molar-refractivity contribution in [3.05, 3.63) is 65.3 Å². The van der Waals surface area contributed by atoms with Crippen LogP contribution in [-0.4, -0.2) is 33.9 Å². The first-order valence-electron chi connectivity index (χ1n) is 11.5. The Balaban J connectivity index is 0.000000697. The van der Waals surface area contributed by atoms with E-state index >= 15 is 0 Å². The molecule has 1 aromatic heterocycles. The maximum atomic E-state index is 12.3. The molecular formula is C26H32ClF3N2O4. The number of halogens is 4. The summed E-state index contributed by atoms with van der Waals surface area (Å²) in [5.41, 5.74) is 3.89. The van der Waals surface area contributed by atoms with Crippen LogP contribution in [0, 0.1) is 0 Å². The van der Waals surface area contributed by atoms with Crippen molar-refractivity contribution in [2.24, 2.45) is 0 Å².